The molecule has 25 heavy (non-hydrogen) atoms. The summed E-state index contributed by atoms with van der Waals surface area (Å²) in [6.45, 7) is 4.83. The predicted molar refractivity (Wildman–Crippen MR) is 94.8 cm³/mol. The maximum Gasteiger partial charge on any atom is 0.220 e. The van der Waals surface area contributed by atoms with Crippen molar-refractivity contribution in [2.24, 2.45) is 28.6 Å². The second kappa shape index (κ2) is 5.45. The van der Waals surface area contributed by atoms with Gasteiger partial charge in [0.15, 0.2) is 0 Å². The summed E-state index contributed by atoms with van der Waals surface area (Å²) in [7, 11) is 0. The Hall–Kier alpha value is -0.610. The molecule has 1 amide bonds. The van der Waals surface area contributed by atoms with Gasteiger partial charge in [0, 0.05) is 12.5 Å². The first-order valence-electron chi connectivity index (χ1n) is 10.5. The summed E-state index contributed by atoms with van der Waals surface area (Å²) in [4.78, 5) is 11.9. The number of rotatable bonds is 2. The number of amides is 1. The number of ether oxygens (including phenoxy) is 1. The van der Waals surface area contributed by atoms with Crippen LogP contribution in [0.2, 0.25) is 0 Å². The summed E-state index contributed by atoms with van der Waals surface area (Å²) >= 11 is 0. The predicted octanol–water partition coefficient (Wildman–Crippen LogP) is 3.03. The Morgan fingerprint density at radius 1 is 1.04 bits per heavy atom. The van der Waals surface area contributed by atoms with Gasteiger partial charge in [-0.25, -0.2) is 0 Å². The Balaban J connectivity index is 1.43. The molecule has 0 aromatic rings. The van der Waals surface area contributed by atoms with E-state index >= 15 is 0 Å². The highest BCUT2D eigenvalue weighted by molar-refractivity contribution is 5.77. The summed E-state index contributed by atoms with van der Waals surface area (Å²) in [5.41, 5.74) is 0.403. The number of hydrogen-bond donors (Lipinski definition) is 2. The molecule has 0 unspecified atom stereocenters. The highest BCUT2D eigenvalue weighted by Gasteiger charge is 2.63. The molecule has 2 N–H and O–H groups in total. The largest absolute Gasteiger partial charge is 0.393 e. The quantitative estimate of drug-likeness (QED) is 0.807. The van der Waals surface area contributed by atoms with Crippen molar-refractivity contribution in [3.8, 4) is 0 Å². The van der Waals surface area contributed by atoms with Crippen molar-refractivity contribution in [2.75, 3.05) is 0 Å². The lowest BCUT2D eigenvalue weighted by Crippen LogP contribution is -2.64. The average Bonchev–Trinajstić information content (AvgIpc) is 3.32. The van der Waals surface area contributed by atoms with Gasteiger partial charge in [-0.2, -0.15) is 0 Å². The Bertz CT molecular complexity index is 575. The van der Waals surface area contributed by atoms with Gasteiger partial charge in [-0.1, -0.05) is 13.8 Å². The van der Waals surface area contributed by atoms with E-state index < -0.39 is 0 Å². The van der Waals surface area contributed by atoms with Gasteiger partial charge in [-0.15, -0.1) is 0 Å². The first-order chi connectivity index (χ1) is 11.9. The van der Waals surface area contributed by atoms with Gasteiger partial charge in [0.05, 0.1) is 18.3 Å². The molecular weight excluding hydrogens is 314 g/mol. The van der Waals surface area contributed by atoms with Crippen molar-refractivity contribution < 1.29 is 14.6 Å². The fourth-order valence-corrected chi connectivity index (χ4v) is 7.27. The number of hydrogen-bond acceptors (Lipinski definition) is 3. The lowest BCUT2D eigenvalue weighted by atomic mass is 9.47. The second-order valence-corrected chi connectivity index (χ2v) is 10.2. The molecule has 1 aliphatic heterocycles. The number of fused-ring (bicyclic) bond motifs is 5. The molecular formula is C21H33NO3. The van der Waals surface area contributed by atoms with E-state index in [4.69, 9.17) is 4.74 Å². The molecule has 0 aromatic carbocycles. The van der Waals surface area contributed by atoms with Crippen LogP contribution >= 0.6 is 0 Å². The first kappa shape index (κ1) is 16.6. The molecule has 0 radical (unpaired) electrons. The van der Waals surface area contributed by atoms with Crippen LogP contribution in [0.4, 0.5) is 0 Å². The fraction of sp³-hybridized carbons (Fsp3) is 0.952. The van der Waals surface area contributed by atoms with Crippen LogP contribution in [0, 0.1) is 28.6 Å². The summed E-state index contributed by atoms with van der Waals surface area (Å²) in [6.07, 6.45) is 10.3. The molecule has 0 aromatic heterocycles. The molecule has 0 bridgehead atoms. The Kier molecular flexibility index (Phi) is 3.61. The van der Waals surface area contributed by atoms with Gasteiger partial charge < -0.3 is 15.2 Å². The molecule has 1 heterocycles. The van der Waals surface area contributed by atoms with Crippen LogP contribution in [-0.4, -0.2) is 35.4 Å². The van der Waals surface area contributed by atoms with E-state index in [9.17, 15) is 9.90 Å². The topological polar surface area (TPSA) is 58.6 Å². The van der Waals surface area contributed by atoms with Gasteiger partial charge in [-0.05, 0) is 80.0 Å². The zero-order chi connectivity index (χ0) is 17.4. The van der Waals surface area contributed by atoms with E-state index in [0.717, 1.165) is 12.8 Å². The highest BCUT2D eigenvalue weighted by Crippen LogP contribution is 2.64. The van der Waals surface area contributed by atoms with E-state index in [-0.39, 0.29) is 28.9 Å². The van der Waals surface area contributed by atoms with Crippen molar-refractivity contribution in [2.45, 2.75) is 96.0 Å². The molecule has 4 nitrogen and oxygen atoms in total. The van der Waals surface area contributed by atoms with E-state index in [0.29, 0.717) is 36.4 Å². The van der Waals surface area contributed by atoms with Gasteiger partial charge in [-0.3, -0.25) is 4.79 Å². The number of aliphatic hydroxyl groups is 1. The summed E-state index contributed by atoms with van der Waals surface area (Å²) in [5.74, 6) is 1.69. The minimum Gasteiger partial charge on any atom is -0.393 e. The van der Waals surface area contributed by atoms with Crippen molar-refractivity contribution in [3.63, 3.8) is 0 Å². The van der Waals surface area contributed by atoms with Gasteiger partial charge >= 0.3 is 0 Å². The molecule has 0 spiro atoms. The van der Waals surface area contributed by atoms with Crippen molar-refractivity contribution >= 4 is 5.91 Å². The second-order valence-electron chi connectivity index (χ2n) is 10.2. The molecule has 4 heteroatoms. The number of piperidine rings is 1. The van der Waals surface area contributed by atoms with Crippen LogP contribution in [0.1, 0.15) is 71.6 Å². The molecule has 5 rings (SSSR count). The molecule has 4 aliphatic carbocycles. The summed E-state index contributed by atoms with van der Waals surface area (Å²) < 4.78 is 6.42. The van der Waals surface area contributed by atoms with Crippen LogP contribution in [0.3, 0.4) is 0 Å². The third kappa shape index (κ3) is 2.36. The van der Waals surface area contributed by atoms with Gasteiger partial charge in [0.1, 0.15) is 0 Å². The first-order valence-corrected chi connectivity index (χ1v) is 10.5. The maximum atomic E-state index is 11.9. The third-order valence-electron chi connectivity index (χ3n) is 8.92. The summed E-state index contributed by atoms with van der Waals surface area (Å²) in [5, 5.41) is 14.3. The van der Waals surface area contributed by atoms with E-state index in [2.05, 4.69) is 19.2 Å². The lowest BCUT2D eigenvalue weighted by molar-refractivity contribution is -0.166. The summed E-state index contributed by atoms with van der Waals surface area (Å²) in [6, 6.07) is 0.161. The Morgan fingerprint density at radius 2 is 1.80 bits per heavy atom. The minimum absolute atomic E-state index is 0.161. The molecule has 1 saturated heterocycles. The molecule has 140 valence electrons. The van der Waals surface area contributed by atoms with Crippen LogP contribution in [0.15, 0.2) is 0 Å². The zero-order valence-electron chi connectivity index (χ0n) is 15.7. The zero-order valence-corrected chi connectivity index (χ0v) is 15.7. The smallest absolute Gasteiger partial charge is 0.220 e. The van der Waals surface area contributed by atoms with E-state index in [1.807, 2.05) is 0 Å². The number of nitrogens with one attached hydrogen (secondary N) is 1. The van der Waals surface area contributed by atoms with Crippen molar-refractivity contribution in [1.82, 2.24) is 5.32 Å². The van der Waals surface area contributed by atoms with Crippen LogP contribution in [-0.2, 0) is 9.53 Å². The molecule has 4 saturated carbocycles. The van der Waals surface area contributed by atoms with Crippen LogP contribution in [0.5, 0.6) is 0 Å². The van der Waals surface area contributed by atoms with Crippen molar-refractivity contribution in [3.05, 3.63) is 0 Å². The molecule has 5 fully saturated rings. The third-order valence-corrected chi connectivity index (χ3v) is 8.92. The Labute approximate surface area is 151 Å². The van der Waals surface area contributed by atoms with E-state index in [1.54, 1.807) is 0 Å². The van der Waals surface area contributed by atoms with Crippen molar-refractivity contribution in [1.29, 1.82) is 0 Å². The van der Waals surface area contributed by atoms with Crippen LogP contribution in [0.25, 0.3) is 0 Å². The van der Waals surface area contributed by atoms with Crippen LogP contribution < -0.4 is 5.32 Å². The van der Waals surface area contributed by atoms with Gasteiger partial charge in [0.2, 0.25) is 5.91 Å². The number of carbonyl (C=O) groups excluding carboxylic acids is 1. The normalized spacial score (nSPS) is 55.1. The number of carbonyl (C=O) groups is 1. The number of aliphatic hydroxyl groups excluding tert-OH is 1. The average molecular weight is 347 g/mol. The fourth-order valence-electron chi connectivity index (χ4n) is 7.27. The monoisotopic (exact) mass is 347 g/mol. The minimum atomic E-state index is -0.272. The standard InChI is InChI=1S/C21H33NO3/c1-20-10-8-18(24)22-16(20)11-15(23)19-13-5-6-17(25-12-3-4-12)21(13,2)9-7-14(19)20/h12-17,19,23H,3-11H2,1-2H3,(H,22,24)/t13-,14-,15-,16+,17-,19-,20+,21-/m0/s1. The molecule has 8 atom stereocenters. The Morgan fingerprint density at radius 3 is 2.56 bits per heavy atom. The highest BCUT2D eigenvalue weighted by atomic mass is 16.5. The van der Waals surface area contributed by atoms with Gasteiger partial charge in [0.25, 0.3) is 0 Å². The van der Waals surface area contributed by atoms with E-state index in [1.165, 1.54) is 38.5 Å². The molecule has 5 aliphatic rings. The lowest BCUT2D eigenvalue weighted by Gasteiger charge is -2.61. The maximum absolute atomic E-state index is 11.9. The SMILES string of the molecule is C[C@]12CCC(=O)N[C@@H]1C[C@H](O)[C@@H]1[C@@H]2CC[C@]2(C)[C@@H](OC3CC3)CC[C@@H]12.